The van der Waals surface area contributed by atoms with Crippen LogP contribution in [0.4, 0.5) is 0 Å². The van der Waals surface area contributed by atoms with E-state index in [1.54, 1.807) is 20.8 Å². The third-order valence-corrected chi connectivity index (χ3v) is 3.78. The molecule has 0 amide bonds. The van der Waals surface area contributed by atoms with E-state index in [4.69, 9.17) is 14.7 Å². The molecule has 0 saturated carbocycles. The number of ether oxygens (including phenoxy) is 1. The molecule has 0 rings (SSSR count). The highest BCUT2D eigenvalue weighted by Crippen LogP contribution is 2.31. The zero-order valence-corrected chi connectivity index (χ0v) is 14.1. The molecule has 0 aliphatic rings. The Hall–Kier alpha value is -0.340. The van der Waals surface area contributed by atoms with Crippen LogP contribution in [-0.4, -0.2) is 38.0 Å². The molecule has 0 aliphatic heterocycles. The van der Waals surface area contributed by atoms with E-state index in [-0.39, 0.29) is 6.42 Å². The van der Waals surface area contributed by atoms with Gasteiger partial charge in [0.05, 0.1) is 0 Å². The van der Waals surface area contributed by atoms with Gasteiger partial charge in [0.25, 0.3) is 0 Å². The third kappa shape index (κ3) is 5.57. The van der Waals surface area contributed by atoms with E-state index in [1.807, 2.05) is 0 Å². The molecule has 0 bridgehead atoms. The number of aliphatic hydroxyl groups is 2. The number of nitrogens with two attached hydrogens (primary N) is 1. The number of hydrogen-bond acceptors (Lipinski definition) is 7. The molecule has 0 spiro atoms. The average Bonchev–Trinajstić information content (AvgIpc) is 2.24. The molecule has 1 atom stereocenters. The second-order valence-electron chi connectivity index (χ2n) is 6.30. The van der Waals surface area contributed by atoms with Crippen LogP contribution in [0.2, 0.25) is 0 Å². The van der Waals surface area contributed by atoms with E-state index < -0.39 is 27.8 Å². The minimum absolute atomic E-state index is 0.229. The van der Waals surface area contributed by atoms with Gasteiger partial charge in [-0.1, -0.05) is 6.92 Å². The molecule has 0 saturated heterocycles. The van der Waals surface area contributed by atoms with Crippen molar-refractivity contribution in [1.29, 1.82) is 0 Å². The van der Waals surface area contributed by atoms with Crippen molar-refractivity contribution >= 4 is 18.0 Å². The summed E-state index contributed by atoms with van der Waals surface area (Å²) in [5, 5.41) is 19.6. The quantitative estimate of drug-likeness (QED) is 0.372. The molecule has 120 valence electrons. The lowest BCUT2D eigenvalue weighted by atomic mass is 9.92. The Morgan fingerprint density at radius 2 is 1.60 bits per heavy atom. The van der Waals surface area contributed by atoms with Gasteiger partial charge < -0.3 is 20.7 Å². The van der Waals surface area contributed by atoms with E-state index in [0.717, 1.165) is 12.0 Å². The zero-order chi connectivity index (χ0) is 16.4. The Bertz CT molecular complexity index is 347. The molecular formula is C13H27NO5S. The van der Waals surface area contributed by atoms with Crippen molar-refractivity contribution in [2.24, 2.45) is 5.73 Å². The van der Waals surface area contributed by atoms with Crippen LogP contribution in [-0.2, 0) is 13.7 Å². The summed E-state index contributed by atoms with van der Waals surface area (Å²) in [5.74, 6) is -0.670. The topological polar surface area (TPSA) is 102 Å². The van der Waals surface area contributed by atoms with Gasteiger partial charge >= 0.3 is 5.97 Å². The van der Waals surface area contributed by atoms with Gasteiger partial charge in [-0.2, -0.15) is 0 Å². The van der Waals surface area contributed by atoms with Crippen molar-refractivity contribution in [3.05, 3.63) is 0 Å². The fourth-order valence-corrected chi connectivity index (χ4v) is 1.59. The van der Waals surface area contributed by atoms with Crippen LogP contribution < -0.4 is 5.73 Å². The SMILES string of the molecule is CCC(N)(O)C(C)(C)OC(=O)C(C)(C)OSC(C)(C)O. The van der Waals surface area contributed by atoms with E-state index in [9.17, 15) is 15.0 Å². The molecular weight excluding hydrogens is 282 g/mol. The molecule has 0 radical (unpaired) electrons. The number of hydrogen-bond donors (Lipinski definition) is 3. The van der Waals surface area contributed by atoms with Crippen LogP contribution in [0.25, 0.3) is 0 Å². The van der Waals surface area contributed by atoms with Crippen molar-refractivity contribution in [2.45, 2.75) is 76.7 Å². The minimum atomic E-state index is -1.64. The van der Waals surface area contributed by atoms with Gasteiger partial charge in [-0.25, -0.2) is 4.79 Å². The normalized spacial score (nSPS) is 16.7. The molecule has 0 fully saturated rings. The monoisotopic (exact) mass is 309 g/mol. The van der Waals surface area contributed by atoms with Crippen molar-refractivity contribution in [3.8, 4) is 0 Å². The highest BCUT2D eigenvalue weighted by atomic mass is 32.2. The first-order valence-electron chi connectivity index (χ1n) is 6.48. The fraction of sp³-hybridized carbons (Fsp3) is 0.923. The Balaban J connectivity index is 4.83. The maximum atomic E-state index is 12.2. The Labute approximate surface area is 125 Å². The second kappa shape index (κ2) is 6.19. The van der Waals surface area contributed by atoms with E-state index >= 15 is 0 Å². The fourth-order valence-electron chi connectivity index (χ4n) is 1.11. The lowest BCUT2D eigenvalue weighted by Crippen LogP contribution is -2.60. The third-order valence-electron chi connectivity index (χ3n) is 2.87. The Morgan fingerprint density at radius 1 is 1.15 bits per heavy atom. The summed E-state index contributed by atoms with van der Waals surface area (Å²) in [5.41, 5.74) is 1.53. The smallest absolute Gasteiger partial charge is 0.339 e. The molecule has 0 aliphatic carbocycles. The number of rotatable bonds is 7. The molecule has 0 aromatic heterocycles. The summed E-state index contributed by atoms with van der Waals surface area (Å²) in [6, 6.07) is 0. The van der Waals surface area contributed by atoms with Gasteiger partial charge in [0.15, 0.2) is 11.3 Å². The standard InChI is InChI=1S/C13H27NO5S/c1-8-13(14,17)11(4,5)18-9(15)10(2,3)19-20-12(6,7)16/h16-17H,8,14H2,1-7H3. The van der Waals surface area contributed by atoms with Crippen LogP contribution >= 0.6 is 12.0 Å². The molecule has 4 N–H and O–H groups in total. The number of esters is 1. The van der Waals surface area contributed by atoms with Crippen LogP contribution in [0, 0.1) is 0 Å². The van der Waals surface area contributed by atoms with Gasteiger partial charge in [-0.15, -0.1) is 0 Å². The zero-order valence-electron chi connectivity index (χ0n) is 13.3. The van der Waals surface area contributed by atoms with Gasteiger partial charge in [-0.05, 0) is 48.0 Å². The summed E-state index contributed by atoms with van der Waals surface area (Å²) >= 11 is 0.769. The Kier molecular flexibility index (Phi) is 6.09. The summed E-state index contributed by atoms with van der Waals surface area (Å²) in [6.07, 6.45) is 0.229. The van der Waals surface area contributed by atoms with E-state index in [1.165, 1.54) is 27.7 Å². The summed E-state index contributed by atoms with van der Waals surface area (Å²) in [4.78, 5) is 11.0. The van der Waals surface area contributed by atoms with Crippen LogP contribution in [0.5, 0.6) is 0 Å². The lowest BCUT2D eigenvalue weighted by Gasteiger charge is -2.40. The molecule has 0 heterocycles. The molecule has 6 nitrogen and oxygen atoms in total. The molecule has 1 unspecified atom stereocenters. The van der Waals surface area contributed by atoms with Gasteiger partial charge in [0, 0.05) is 12.0 Å². The van der Waals surface area contributed by atoms with Crippen LogP contribution in [0.15, 0.2) is 0 Å². The molecule has 20 heavy (non-hydrogen) atoms. The van der Waals surface area contributed by atoms with Gasteiger partial charge in [0.2, 0.25) is 0 Å². The first-order chi connectivity index (χ1) is 8.65. The summed E-state index contributed by atoms with van der Waals surface area (Å²) in [6.45, 7) is 10.9. The summed E-state index contributed by atoms with van der Waals surface area (Å²) < 4.78 is 10.6. The maximum Gasteiger partial charge on any atom is 0.339 e. The molecule has 7 heteroatoms. The summed E-state index contributed by atoms with van der Waals surface area (Å²) in [7, 11) is 0. The predicted octanol–water partition coefficient (Wildman–Crippen LogP) is 1.54. The maximum absolute atomic E-state index is 12.2. The highest BCUT2D eigenvalue weighted by molar-refractivity contribution is 7.95. The largest absolute Gasteiger partial charge is 0.453 e. The Morgan fingerprint density at radius 3 is 1.95 bits per heavy atom. The van der Waals surface area contributed by atoms with Gasteiger partial charge in [0.1, 0.15) is 10.5 Å². The number of carbonyl (C=O) groups is 1. The first kappa shape index (κ1) is 19.7. The highest BCUT2D eigenvalue weighted by Gasteiger charge is 2.45. The van der Waals surface area contributed by atoms with Crippen molar-refractivity contribution in [2.75, 3.05) is 0 Å². The van der Waals surface area contributed by atoms with Crippen molar-refractivity contribution in [1.82, 2.24) is 0 Å². The lowest BCUT2D eigenvalue weighted by molar-refractivity contribution is -0.199. The first-order valence-corrected chi connectivity index (χ1v) is 7.23. The average molecular weight is 309 g/mol. The second-order valence-corrected chi connectivity index (χ2v) is 7.63. The van der Waals surface area contributed by atoms with Gasteiger partial charge in [-0.3, -0.25) is 4.18 Å². The minimum Gasteiger partial charge on any atom is -0.453 e. The predicted molar refractivity (Wildman–Crippen MR) is 78.7 cm³/mol. The molecule has 0 aromatic carbocycles. The van der Waals surface area contributed by atoms with Crippen molar-refractivity contribution in [3.63, 3.8) is 0 Å². The van der Waals surface area contributed by atoms with Crippen LogP contribution in [0.1, 0.15) is 54.9 Å². The van der Waals surface area contributed by atoms with E-state index in [2.05, 4.69) is 0 Å². The van der Waals surface area contributed by atoms with Crippen molar-refractivity contribution < 1.29 is 23.9 Å². The molecule has 0 aromatic rings. The van der Waals surface area contributed by atoms with E-state index in [0.29, 0.717) is 0 Å². The van der Waals surface area contributed by atoms with Crippen LogP contribution in [0.3, 0.4) is 0 Å². The number of carbonyl (C=O) groups excluding carboxylic acids is 1.